The van der Waals surface area contributed by atoms with Gasteiger partial charge in [-0.25, -0.2) is 0 Å². The lowest BCUT2D eigenvalue weighted by molar-refractivity contribution is -0.128. The zero-order valence-electron chi connectivity index (χ0n) is 9.54. The van der Waals surface area contributed by atoms with Crippen LogP contribution >= 0.6 is 11.8 Å². The molecule has 1 aliphatic carbocycles. The molecule has 1 fully saturated rings. The topological polar surface area (TPSA) is 40.5 Å². The van der Waals surface area contributed by atoms with Crippen LogP contribution in [0.2, 0.25) is 0 Å². The van der Waals surface area contributed by atoms with Crippen molar-refractivity contribution in [2.24, 2.45) is 5.92 Å². The van der Waals surface area contributed by atoms with Crippen molar-refractivity contribution in [1.82, 2.24) is 4.90 Å². The SMILES string of the molecule is CN(CC(O)C1CC1)C(=O)CSCC(F)(F)F. The molecular weight excluding hydrogens is 255 g/mol. The van der Waals surface area contributed by atoms with Crippen LogP contribution in [0.4, 0.5) is 13.2 Å². The van der Waals surface area contributed by atoms with Crippen LogP contribution in [0, 0.1) is 5.92 Å². The molecule has 0 bridgehead atoms. The van der Waals surface area contributed by atoms with Crippen LogP contribution in [0.3, 0.4) is 0 Å². The number of rotatable bonds is 6. The number of likely N-dealkylation sites (N-methyl/N-ethyl adjacent to an activating group) is 1. The predicted molar refractivity (Wildman–Crippen MR) is 59.7 cm³/mol. The summed E-state index contributed by atoms with van der Waals surface area (Å²) in [7, 11) is 1.50. The van der Waals surface area contributed by atoms with Gasteiger partial charge >= 0.3 is 6.18 Å². The van der Waals surface area contributed by atoms with Gasteiger partial charge in [0, 0.05) is 13.6 Å². The Hall–Kier alpha value is -0.430. The third kappa shape index (κ3) is 6.16. The molecule has 17 heavy (non-hydrogen) atoms. The molecule has 0 aromatic rings. The number of amides is 1. The number of carbonyl (C=O) groups excluding carboxylic acids is 1. The van der Waals surface area contributed by atoms with Gasteiger partial charge in [0.2, 0.25) is 5.91 Å². The molecule has 0 aromatic heterocycles. The van der Waals surface area contributed by atoms with Crippen LogP contribution in [0.15, 0.2) is 0 Å². The Balaban J connectivity index is 2.17. The first-order chi connectivity index (χ1) is 7.79. The average molecular weight is 271 g/mol. The normalized spacial score (nSPS) is 17.9. The summed E-state index contributed by atoms with van der Waals surface area (Å²) in [6, 6.07) is 0. The minimum absolute atomic E-state index is 0.201. The second kappa shape index (κ2) is 5.95. The molecule has 1 aliphatic rings. The van der Waals surface area contributed by atoms with Gasteiger partial charge in [-0.05, 0) is 18.8 Å². The van der Waals surface area contributed by atoms with Crippen LogP contribution in [0.1, 0.15) is 12.8 Å². The number of aliphatic hydroxyl groups excluding tert-OH is 1. The summed E-state index contributed by atoms with van der Waals surface area (Å²) < 4.78 is 35.5. The van der Waals surface area contributed by atoms with E-state index < -0.39 is 18.0 Å². The second-order valence-electron chi connectivity index (χ2n) is 4.29. The van der Waals surface area contributed by atoms with Gasteiger partial charge in [-0.1, -0.05) is 0 Å². The molecule has 1 atom stereocenters. The summed E-state index contributed by atoms with van der Waals surface area (Å²) in [6.07, 6.45) is -2.86. The van der Waals surface area contributed by atoms with E-state index in [9.17, 15) is 23.1 Å². The number of thioether (sulfide) groups is 1. The first-order valence-corrected chi connectivity index (χ1v) is 6.51. The van der Waals surface area contributed by atoms with Gasteiger partial charge in [0.25, 0.3) is 0 Å². The smallest absolute Gasteiger partial charge is 0.391 e. The summed E-state index contributed by atoms with van der Waals surface area (Å²) in [6.45, 7) is 0.204. The largest absolute Gasteiger partial charge is 0.397 e. The van der Waals surface area contributed by atoms with Crippen molar-refractivity contribution in [1.29, 1.82) is 0 Å². The van der Waals surface area contributed by atoms with Crippen molar-refractivity contribution < 1.29 is 23.1 Å². The summed E-state index contributed by atoms with van der Waals surface area (Å²) in [4.78, 5) is 12.7. The van der Waals surface area contributed by atoms with Crippen molar-refractivity contribution >= 4 is 17.7 Å². The first-order valence-electron chi connectivity index (χ1n) is 5.36. The molecule has 0 radical (unpaired) electrons. The van der Waals surface area contributed by atoms with Crippen molar-refractivity contribution in [3.63, 3.8) is 0 Å². The minimum atomic E-state index is -4.24. The highest BCUT2D eigenvalue weighted by Gasteiger charge is 2.31. The number of carbonyl (C=O) groups is 1. The van der Waals surface area contributed by atoms with Crippen LogP contribution in [-0.2, 0) is 4.79 Å². The van der Waals surface area contributed by atoms with Crippen molar-refractivity contribution in [2.45, 2.75) is 25.1 Å². The lowest BCUT2D eigenvalue weighted by Gasteiger charge is -2.20. The number of hydrogen-bond acceptors (Lipinski definition) is 3. The van der Waals surface area contributed by atoms with E-state index in [-0.39, 0.29) is 24.1 Å². The molecule has 0 saturated heterocycles. The Morgan fingerprint density at radius 1 is 1.53 bits per heavy atom. The number of halogens is 3. The fourth-order valence-electron chi connectivity index (χ4n) is 1.38. The standard InChI is InChI=1S/C10H16F3NO2S/c1-14(4-8(15)7-2-3-7)9(16)5-17-6-10(11,12)13/h7-8,15H,2-6H2,1H3. The zero-order valence-corrected chi connectivity index (χ0v) is 10.4. The molecule has 0 aromatic carbocycles. The summed E-state index contributed by atoms with van der Waals surface area (Å²) in [5.41, 5.74) is 0. The van der Waals surface area contributed by atoms with Gasteiger partial charge in [0.05, 0.1) is 17.6 Å². The van der Waals surface area contributed by atoms with Gasteiger partial charge in [-0.2, -0.15) is 13.2 Å². The second-order valence-corrected chi connectivity index (χ2v) is 5.27. The Kier molecular flexibility index (Phi) is 5.12. The number of aliphatic hydroxyl groups is 1. The number of hydrogen-bond donors (Lipinski definition) is 1. The first kappa shape index (κ1) is 14.6. The van der Waals surface area contributed by atoms with E-state index in [2.05, 4.69) is 0 Å². The van der Waals surface area contributed by atoms with E-state index in [1.54, 1.807) is 0 Å². The van der Waals surface area contributed by atoms with Gasteiger partial charge in [0.1, 0.15) is 0 Å². The number of alkyl halides is 3. The quantitative estimate of drug-likeness (QED) is 0.796. The fourth-order valence-corrected chi connectivity index (χ4v) is 2.11. The van der Waals surface area contributed by atoms with Gasteiger partial charge in [-0.3, -0.25) is 4.79 Å². The zero-order chi connectivity index (χ0) is 13.1. The van der Waals surface area contributed by atoms with E-state index in [4.69, 9.17) is 0 Å². The van der Waals surface area contributed by atoms with Crippen molar-refractivity contribution in [3.8, 4) is 0 Å². The average Bonchev–Trinajstić information content (AvgIpc) is 2.98. The lowest BCUT2D eigenvalue weighted by Crippen LogP contribution is -2.36. The molecule has 7 heteroatoms. The Labute approximate surface area is 102 Å². The number of nitrogens with zero attached hydrogens (tertiary/aromatic N) is 1. The van der Waals surface area contributed by atoms with Crippen LogP contribution in [-0.4, -0.2) is 53.3 Å². The maximum atomic E-state index is 11.8. The van der Waals surface area contributed by atoms with E-state index in [1.807, 2.05) is 0 Å². The molecule has 1 saturated carbocycles. The predicted octanol–water partition coefficient (Wildman–Crippen LogP) is 1.51. The summed E-state index contributed by atoms with van der Waals surface area (Å²) in [5.74, 6) is -1.34. The Morgan fingerprint density at radius 2 is 2.12 bits per heavy atom. The van der Waals surface area contributed by atoms with Crippen LogP contribution < -0.4 is 0 Å². The Morgan fingerprint density at radius 3 is 2.59 bits per heavy atom. The molecule has 1 N–H and O–H groups in total. The molecular formula is C10H16F3NO2S. The third-order valence-electron chi connectivity index (χ3n) is 2.54. The highest BCUT2D eigenvalue weighted by Crippen LogP contribution is 2.32. The summed E-state index contributed by atoms with van der Waals surface area (Å²) in [5, 5.41) is 9.58. The molecule has 0 heterocycles. The molecule has 3 nitrogen and oxygen atoms in total. The van der Waals surface area contributed by atoms with Crippen LogP contribution in [0.5, 0.6) is 0 Å². The molecule has 1 unspecified atom stereocenters. The van der Waals surface area contributed by atoms with E-state index in [1.165, 1.54) is 11.9 Å². The lowest BCUT2D eigenvalue weighted by atomic mass is 10.2. The molecule has 1 amide bonds. The maximum absolute atomic E-state index is 11.8. The highest BCUT2D eigenvalue weighted by molar-refractivity contribution is 8.00. The molecule has 0 spiro atoms. The maximum Gasteiger partial charge on any atom is 0.397 e. The van der Waals surface area contributed by atoms with Crippen molar-refractivity contribution in [2.75, 3.05) is 25.1 Å². The molecule has 100 valence electrons. The Bertz CT molecular complexity index is 269. The van der Waals surface area contributed by atoms with Gasteiger partial charge < -0.3 is 10.0 Å². The van der Waals surface area contributed by atoms with Crippen LogP contribution in [0.25, 0.3) is 0 Å². The van der Waals surface area contributed by atoms with Gasteiger partial charge in [-0.15, -0.1) is 11.8 Å². The highest BCUT2D eigenvalue weighted by atomic mass is 32.2. The van der Waals surface area contributed by atoms with E-state index in [0.29, 0.717) is 11.8 Å². The minimum Gasteiger partial charge on any atom is -0.391 e. The van der Waals surface area contributed by atoms with Crippen molar-refractivity contribution in [3.05, 3.63) is 0 Å². The summed E-state index contributed by atoms with van der Waals surface area (Å²) >= 11 is 0.550. The van der Waals surface area contributed by atoms with Gasteiger partial charge in [0.15, 0.2) is 0 Å². The molecule has 1 rings (SSSR count). The fraction of sp³-hybridized carbons (Fsp3) is 0.900. The van der Waals surface area contributed by atoms with E-state index >= 15 is 0 Å². The third-order valence-corrected chi connectivity index (χ3v) is 3.53. The van der Waals surface area contributed by atoms with E-state index in [0.717, 1.165) is 12.8 Å². The monoisotopic (exact) mass is 271 g/mol. The molecule has 0 aliphatic heterocycles.